The third-order valence-electron chi connectivity index (χ3n) is 1.82. The van der Waals surface area contributed by atoms with Gasteiger partial charge >= 0.3 is 0 Å². The molecule has 0 saturated carbocycles. The standard InChI is InChI=1S/C9H22N2O3S2/c1-7(8(6-12)15-5)10-16(13,14)11-9(2,3)4/h7-8,10-12H,6H2,1-5H3. The first-order valence-electron chi connectivity index (χ1n) is 5.06. The van der Waals surface area contributed by atoms with Gasteiger partial charge < -0.3 is 5.11 Å². The Morgan fingerprint density at radius 3 is 2.19 bits per heavy atom. The number of hydrogen-bond donors (Lipinski definition) is 3. The summed E-state index contributed by atoms with van der Waals surface area (Å²) in [6.45, 7) is 7.00. The van der Waals surface area contributed by atoms with Crippen molar-refractivity contribution in [3.05, 3.63) is 0 Å². The number of aliphatic hydroxyl groups is 1. The second kappa shape index (κ2) is 6.20. The van der Waals surface area contributed by atoms with Crippen molar-refractivity contribution in [1.29, 1.82) is 0 Å². The molecule has 16 heavy (non-hydrogen) atoms. The minimum absolute atomic E-state index is 0.0552. The number of thioether (sulfide) groups is 1. The molecule has 5 nitrogen and oxygen atoms in total. The molecule has 0 aliphatic rings. The lowest BCUT2D eigenvalue weighted by Gasteiger charge is -2.25. The van der Waals surface area contributed by atoms with E-state index in [4.69, 9.17) is 5.11 Å². The molecular formula is C9H22N2O3S2. The predicted octanol–water partition coefficient (Wildman–Crippen LogP) is 0.321. The highest BCUT2D eigenvalue weighted by Gasteiger charge is 2.24. The van der Waals surface area contributed by atoms with Crippen LogP contribution in [0.15, 0.2) is 0 Å². The molecule has 98 valence electrons. The van der Waals surface area contributed by atoms with E-state index >= 15 is 0 Å². The Balaban J connectivity index is 4.48. The van der Waals surface area contributed by atoms with Crippen LogP contribution in [0.2, 0.25) is 0 Å². The Hall–Kier alpha value is 0.180. The number of rotatable bonds is 6. The average Bonchev–Trinajstić information content (AvgIpc) is 1.99. The van der Waals surface area contributed by atoms with Crippen LogP contribution < -0.4 is 9.44 Å². The first kappa shape index (κ1) is 16.2. The molecule has 7 heteroatoms. The lowest BCUT2D eigenvalue weighted by Crippen LogP contribution is -2.51. The van der Waals surface area contributed by atoms with Crippen LogP contribution in [0.4, 0.5) is 0 Å². The third kappa shape index (κ3) is 6.70. The van der Waals surface area contributed by atoms with Crippen LogP contribution in [-0.4, -0.2) is 43.2 Å². The van der Waals surface area contributed by atoms with Gasteiger partial charge in [-0.25, -0.2) is 0 Å². The zero-order valence-corrected chi connectivity index (χ0v) is 12.1. The summed E-state index contributed by atoms with van der Waals surface area (Å²) in [5.41, 5.74) is -0.514. The highest BCUT2D eigenvalue weighted by molar-refractivity contribution is 7.99. The molecule has 2 unspecified atom stereocenters. The van der Waals surface area contributed by atoms with Gasteiger partial charge in [0.25, 0.3) is 10.2 Å². The molecule has 0 fully saturated rings. The summed E-state index contributed by atoms with van der Waals surface area (Å²) in [7, 11) is -3.53. The molecule has 0 rings (SSSR count). The van der Waals surface area contributed by atoms with Crippen molar-refractivity contribution in [2.45, 2.75) is 44.5 Å². The molecule has 0 aliphatic carbocycles. The smallest absolute Gasteiger partial charge is 0.277 e. The topological polar surface area (TPSA) is 78.4 Å². The van der Waals surface area contributed by atoms with Gasteiger partial charge in [0.2, 0.25) is 0 Å². The number of aliphatic hydroxyl groups excluding tert-OH is 1. The molecule has 0 spiro atoms. The van der Waals surface area contributed by atoms with Crippen molar-refractivity contribution >= 4 is 22.0 Å². The van der Waals surface area contributed by atoms with Crippen LogP contribution in [0.5, 0.6) is 0 Å². The van der Waals surface area contributed by atoms with E-state index in [9.17, 15) is 8.42 Å². The summed E-state index contributed by atoms with van der Waals surface area (Å²) in [5, 5.41) is 8.91. The van der Waals surface area contributed by atoms with Crippen molar-refractivity contribution in [3.8, 4) is 0 Å². The summed E-state index contributed by atoms with van der Waals surface area (Å²) in [6, 6.07) is -0.320. The first-order chi connectivity index (χ1) is 7.11. The quantitative estimate of drug-likeness (QED) is 0.649. The van der Waals surface area contributed by atoms with Gasteiger partial charge in [0.1, 0.15) is 0 Å². The Kier molecular flexibility index (Phi) is 6.27. The van der Waals surface area contributed by atoms with Gasteiger partial charge in [-0.3, -0.25) is 0 Å². The molecular weight excluding hydrogens is 248 g/mol. The van der Waals surface area contributed by atoms with Crippen LogP contribution in [0.25, 0.3) is 0 Å². The zero-order valence-electron chi connectivity index (χ0n) is 10.4. The van der Waals surface area contributed by atoms with E-state index in [0.29, 0.717) is 0 Å². The van der Waals surface area contributed by atoms with Gasteiger partial charge in [-0.2, -0.15) is 29.6 Å². The largest absolute Gasteiger partial charge is 0.395 e. The molecule has 0 saturated heterocycles. The van der Waals surface area contributed by atoms with E-state index < -0.39 is 15.7 Å². The van der Waals surface area contributed by atoms with E-state index in [1.54, 1.807) is 27.7 Å². The molecule has 0 aromatic rings. The van der Waals surface area contributed by atoms with E-state index in [0.717, 1.165) is 0 Å². The van der Waals surface area contributed by atoms with E-state index in [-0.39, 0.29) is 17.9 Å². The van der Waals surface area contributed by atoms with Gasteiger partial charge in [0.15, 0.2) is 0 Å². The second-order valence-corrected chi connectivity index (χ2v) is 7.24. The molecule has 0 radical (unpaired) electrons. The summed E-state index contributed by atoms with van der Waals surface area (Å²) < 4.78 is 28.4. The monoisotopic (exact) mass is 270 g/mol. The maximum Gasteiger partial charge on any atom is 0.277 e. The second-order valence-electron chi connectivity index (χ2n) is 4.72. The summed E-state index contributed by atoms with van der Waals surface area (Å²) >= 11 is 1.43. The zero-order chi connectivity index (χ0) is 13.0. The van der Waals surface area contributed by atoms with Crippen LogP contribution >= 0.6 is 11.8 Å². The summed E-state index contributed by atoms with van der Waals surface area (Å²) in [4.78, 5) is 0. The normalized spacial score (nSPS) is 17.1. The SMILES string of the molecule is CSC(CO)C(C)NS(=O)(=O)NC(C)(C)C. The lowest BCUT2D eigenvalue weighted by atomic mass is 10.1. The van der Waals surface area contributed by atoms with Crippen molar-refractivity contribution in [2.24, 2.45) is 0 Å². The molecule has 0 heterocycles. The minimum Gasteiger partial charge on any atom is -0.395 e. The first-order valence-corrected chi connectivity index (χ1v) is 7.83. The van der Waals surface area contributed by atoms with Crippen LogP contribution in [0.3, 0.4) is 0 Å². The van der Waals surface area contributed by atoms with Crippen LogP contribution in [0, 0.1) is 0 Å². The van der Waals surface area contributed by atoms with Gasteiger partial charge in [0.05, 0.1) is 6.61 Å². The van der Waals surface area contributed by atoms with Gasteiger partial charge in [-0.1, -0.05) is 0 Å². The van der Waals surface area contributed by atoms with Crippen LogP contribution in [-0.2, 0) is 10.2 Å². The molecule has 0 amide bonds. The van der Waals surface area contributed by atoms with Crippen molar-refractivity contribution in [3.63, 3.8) is 0 Å². The maximum absolute atomic E-state index is 11.7. The lowest BCUT2D eigenvalue weighted by molar-refractivity contribution is 0.282. The van der Waals surface area contributed by atoms with Gasteiger partial charge in [-0.05, 0) is 34.0 Å². The molecule has 2 atom stereocenters. The molecule has 0 aliphatic heterocycles. The van der Waals surface area contributed by atoms with Crippen molar-refractivity contribution < 1.29 is 13.5 Å². The van der Waals surface area contributed by atoms with E-state index in [2.05, 4.69) is 9.44 Å². The molecule has 0 aromatic carbocycles. The number of hydrogen-bond acceptors (Lipinski definition) is 4. The molecule has 0 bridgehead atoms. The van der Waals surface area contributed by atoms with E-state index in [1.807, 2.05) is 6.26 Å². The Morgan fingerprint density at radius 1 is 1.38 bits per heavy atom. The van der Waals surface area contributed by atoms with Gasteiger partial charge in [-0.15, -0.1) is 0 Å². The fourth-order valence-electron chi connectivity index (χ4n) is 1.19. The fraction of sp³-hybridized carbons (Fsp3) is 1.00. The van der Waals surface area contributed by atoms with Crippen molar-refractivity contribution in [1.82, 2.24) is 9.44 Å². The van der Waals surface area contributed by atoms with Crippen LogP contribution in [0.1, 0.15) is 27.7 Å². The molecule has 3 N–H and O–H groups in total. The van der Waals surface area contributed by atoms with Crippen molar-refractivity contribution in [2.75, 3.05) is 12.9 Å². The average molecular weight is 270 g/mol. The highest BCUT2D eigenvalue weighted by atomic mass is 32.2. The summed E-state index contributed by atoms with van der Waals surface area (Å²) in [6.07, 6.45) is 1.84. The Morgan fingerprint density at radius 2 is 1.88 bits per heavy atom. The minimum atomic E-state index is -3.53. The fourth-order valence-corrected chi connectivity index (χ4v) is 3.42. The summed E-state index contributed by atoms with van der Waals surface area (Å²) in [5.74, 6) is 0. The van der Waals surface area contributed by atoms with Gasteiger partial charge in [0, 0.05) is 16.8 Å². The highest BCUT2D eigenvalue weighted by Crippen LogP contribution is 2.11. The third-order valence-corrected chi connectivity index (χ3v) is 4.55. The predicted molar refractivity (Wildman–Crippen MR) is 68.8 cm³/mol. The number of nitrogens with one attached hydrogen (secondary N) is 2. The van der Waals surface area contributed by atoms with E-state index in [1.165, 1.54) is 11.8 Å². The Labute approximate surface area is 103 Å². The Bertz CT molecular complexity index is 294. The maximum atomic E-state index is 11.7. The molecule has 0 aromatic heterocycles.